The summed E-state index contributed by atoms with van der Waals surface area (Å²) >= 11 is 1.56. The van der Waals surface area contributed by atoms with Crippen LogP contribution in [0.1, 0.15) is 11.1 Å². The van der Waals surface area contributed by atoms with Crippen molar-refractivity contribution >= 4 is 23.7 Å². The minimum absolute atomic E-state index is 0.203. The van der Waals surface area contributed by atoms with Crippen LogP contribution in [0, 0.1) is 11.6 Å². The van der Waals surface area contributed by atoms with Crippen molar-refractivity contribution in [2.24, 2.45) is 0 Å². The number of carbonyl (C=O) groups excluding carboxylic acids is 1. The Morgan fingerprint density at radius 1 is 1.09 bits per heavy atom. The van der Waals surface area contributed by atoms with Crippen LogP contribution in [0.5, 0.6) is 0 Å². The summed E-state index contributed by atoms with van der Waals surface area (Å²) in [5, 5.41) is 2.75. The highest BCUT2D eigenvalue weighted by molar-refractivity contribution is 7.98. The second-order valence-corrected chi connectivity index (χ2v) is 5.93. The van der Waals surface area contributed by atoms with Crippen molar-refractivity contribution in [3.63, 3.8) is 0 Å². The number of nitrogens with one attached hydrogen (secondary N) is 1. The van der Waals surface area contributed by atoms with Gasteiger partial charge >= 0.3 is 0 Å². The molecule has 0 atom stereocenters. The SMILES string of the molecule is O=C(/C=C/c1ccc(F)cc1)NCCSCc1ccccc1F. The van der Waals surface area contributed by atoms with Crippen molar-refractivity contribution in [3.8, 4) is 0 Å². The van der Waals surface area contributed by atoms with Crippen LogP contribution in [0.4, 0.5) is 8.78 Å². The molecule has 0 saturated heterocycles. The molecule has 0 aliphatic heterocycles. The molecule has 0 aliphatic carbocycles. The second kappa shape index (κ2) is 9.10. The number of halogens is 2. The summed E-state index contributed by atoms with van der Waals surface area (Å²) in [5.41, 5.74) is 1.43. The van der Waals surface area contributed by atoms with Crippen LogP contribution in [-0.2, 0) is 10.5 Å². The first-order valence-electron chi connectivity index (χ1n) is 7.18. The van der Waals surface area contributed by atoms with Gasteiger partial charge in [0.1, 0.15) is 11.6 Å². The lowest BCUT2D eigenvalue weighted by Gasteiger charge is -2.04. The van der Waals surface area contributed by atoms with Gasteiger partial charge in [-0.1, -0.05) is 30.3 Å². The fourth-order valence-electron chi connectivity index (χ4n) is 1.85. The molecule has 0 aromatic heterocycles. The fraction of sp³-hybridized carbons (Fsp3) is 0.167. The highest BCUT2D eigenvalue weighted by Crippen LogP contribution is 2.14. The molecule has 1 N–H and O–H groups in total. The fourth-order valence-corrected chi connectivity index (χ4v) is 2.69. The maximum atomic E-state index is 13.4. The van der Waals surface area contributed by atoms with Gasteiger partial charge in [-0.2, -0.15) is 11.8 Å². The van der Waals surface area contributed by atoms with E-state index < -0.39 is 0 Å². The van der Waals surface area contributed by atoms with Crippen molar-refractivity contribution in [2.75, 3.05) is 12.3 Å². The van der Waals surface area contributed by atoms with Gasteiger partial charge in [-0.25, -0.2) is 8.78 Å². The Morgan fingerprint density at radius 3 is 2.57 bits per heavy atom. The number of hydrogen-bond acceptors (Lipinski definition) is 2. The number of rotatable bonds is 7. The molecule has 0 radical (unpaired) electrons. The van der Waals surface area contributed by atoms with E-state index in [1.54, 1.807) is 48.2 Å². The van der Waals surface area contributed by atoms with Gasteiger partial charge in [0.2, 0.25) is 5.91 Å². The first-order chi connectivity index (χ1) is 11.1. The Hall–Kier alpha value is -2.14. The summed E-state index contributed by atoms with van der Waals surface area (Å²) in [5.74, 6) is 0.559. The molecule has 2 aromatic carbocycles. The van der Waals surface area contributed by atoms with Gasteiger partial charge in [0.05, 0.1) is 0 Å². The minimum atomic E-state index is -0.307. The van der Waals surface area contributed by atoms with Crippen molar-refractivity contribution in [1.29, 1.82) is 0 Å². The Morgan fingerprint density at radius 2 is 1.83 bits per heavy atom. The lowest BCUT2D eigenvalue weighted by atomic mass is 10.2. The average molecular weight is 333 g/mol. The van der Waals surface area contributed by atoms with Crippen molar-refractivity contribution in [2.45, 2.75) is 5.75 Å². The maximum absolute atomic E-state index is 13.4. The summed E-state index contributed by atoms with van der Waals surface area (Å²) in [6.45, 7) is 0.506. The van der Waals surface area contributed by atoms with Crippen LogP contribution in [0.25, 0.3) is 6.08 Å². The molecule has 0 bridgehead atoms. The molecule has 0 spiro atoms. The summed E-state index contributed by atoms with van der Waals surface area (Å²) in [6.07, 6.45) is 3.04. The molecular formula is C18H17F2NOS. The third-order valence-electron chi connectivity index (χ3n) is 3.06. The molecule has 0 heterocycles. The number of thioether (sulfide) groups is 1. The van der Waals surface area contributed by atoms with E-state index >= 15 is 0 Å². The zero-order valence-corrected chi connectivity index (χ0v) is 13.3. The Kier molecular flexibility index (Phi) is 6.81. The zero-order valence-electron chi connectivity index (χ0n) is 12.5. The van der Waals surface area contributed by atoms with Crippen LogP contribution in [0.15, 0.2) is 54.6 Å². The lowest BCUT2D eigenvalue weighted by Crippen LogP contribution is -2.23. The van der Waals surface area contributed by atoms with Crippen LogP contribution >= 0.6 is 11.8 Å². The number of hydrogen-bond donors (Lipinski definition) is 1. The second-order valence-electron chi connectivity index (χ2n) is 4.82. The van der Waals surface area contributed by atoms with Gasteiger partial charge in [0, 0.05) is 24.1 Å². The topological polar surface area (TPSA) is 29.1 Å². The first-order valence-corrected chi connectivity index (χ1v) is 8.33. The Bertz CT molecular complexity index is 671. The van der Waals surface area contributed by atoms with Gasteiger partial charge in [-0.15, -0.1) is 0 Å². The number of carbonyl (C=O) groups is 1. The lowest BCUT2D eigenvalue weighted by molar-refractivity contribution is -0.116. The molecule has 2 aromatic rings. The summed E-state index contributed by atoms with van der Waals surface area (Å²) in [4.78, 5) is 11.6. The van der Waals surface area contributed by atoms with E-state index in [4.69, 9.17) is 0 Å². The molecule has 120 valence electrons. The van der Waals surface area contributed by atoms with E-state index in [1.165, 1.54) is 24.3 Å². The molecule has 0 fully saturated rings. The molecular weight excluding hydrogens is 316 g/mol. The van der Waals surface area contributed by atoms with Crippen LogP contribution in [-0.4, -0.2) is 18.2 Å². The molecule has 2 rings (SSSR count). The largest absolute Gasteiger partial charge is 0.352 e. The smallest absolute Gasteiger partial charge is 0.244 e. The van der Waals surface area contributed by atoms with Gasteiger partial charge in [0.25, 0.3) is 0 Å². The molecule has 0 unspecified atom stereocenters. The molecule has 2 nitrogen and oxygen atoms in total. The normalized spacial score (nSPS) is 10.9. The van der Waals surface area contributed by atoms with Crippen molar-refractivity contribution < 1.29 is 13.6 Å². The third-order valence-corrected chi connectivity index (χ3v) is 4.07. The van der Waals surface area contributed by atoms with Gasteiger partial charge in [0.15, 0.2) is 0 Å². The van der Waals surface area contributed by atoms with E-state index in [0.29, 0.717) is 23.6 Å². The summed E-state index contributed by atoms with van der Waals surface area (Å²) in [7, 11) is 0. The van der Waals surface area contributed by atoms with Gasteiger partial charge in [-0.05, 0) is 35.4 Å². The predicted octanol–water partition coefficient (Wildman–Crippen LogP) is 4.03. The van der Waals surface area contributed by atoms with Gasteiger partial charge in [-0.3, -0.25) is 4.79 Å². The van der Waals surface area contributed by atoms with Gasteiger partial charge < -0.3 is 5.32 Å². The van der Waals surface area contributed by atoms with Crippen LogP contribution in [0.3, 0.4) is 0 Å². The van der Waals surface area contributed by atoms with Crippen molar-refractivity contribution in [3.05, 3.63) is 77.4 Å². The highest BCUT2D eigenvalue weighted by atomic mass is 32.2. The molecule has 5 heteroatoms. The third kappa shape index (κ3) is 6.24. The monoisotopic (exact) mass is 333 g/mol. The molecule has 0 aliphatic rings. The minimum Gasteiger partial charge on any atom is -0.352 e. The van der Waals surface area contributed by atoms with E-state index in [-0.39, 0.29) is 17.5 Å². The van der Waals surface area contributed by atoms with E-state index in [2.05, 4.69) is 5.32 Å². The quantitative estimate of drug-likeness (QED) is 0.612. The highest BCUT2D eigenvalue weighted by Gasteiger charge is 2.01. The van der Waals surface area contributed by atoms with Crippen LogP contribution < -0.4 is 5.32 Å². The average Bonchev–Trinajstić information content (AvgIpc) is 2.55. The number of amides is 1. The zero-order chi connectivity index (χ0) is 16.5. The maximum Gasteiger partial charge on any atom is 0.244 e. The van der Waals surface area contributed by atoms with Crippen molar-refractivity contribution in [1.82, 2.24) is 5.32 Å². The predicted molar refractivity (Wildman–Crippen MR) is 91.0 cm³/mol. The first kappa shape index (κ1) is 17.2. The Labute approximate surface area is 138 Å². The Balaban J connectivity index is 1.65. The summed E-state index contributed by atoms with van der Waals surface area (Å²) in [6, 6.07) is 12.6. The molecule has 1 amide bonds. The molecule has 0 saturated carbocycles. The van der Waals surface area contributed by atoms with Crippen LogP contribution in [0.2, 0.25) is 0 Å². The number of benzene rings is 2. The standard InChI is InChI=1S/C18H17F2NOS/c19-16-8-5-14(6-9-16)7-10-18(22)21-11-12-23-13-15-3-1-2-4-17(15)20/h1-10H,11-13H2,(H,21,22)/b10-7+. The molecule has 23 heavy (non-hydrogen) atoms. The van der Waals surface area contributed by atoms with E-state index in [1.807, 2.05) is 0 Å². The van der Waals surface area contributed by atoms with E-state index in [0.717, 1.165) is 5.56 Å². The summed E-state index contributed by atoms with van der Waals surface area (Å²) < 4.78 is 26.1. The van der Waals surface area contributed by atoms with E-state index in [9.17, 15) is 13.6 Å².